The Hall–Kier alpha value is -2.65. The van der Waals surface area contributed by atoms with E-state index >= 15 is 0 Å². The Morgan fingerprint density at radius 2 is 1.97 bits per heavy atom. The monoisotopic (exact) mass is 457 g/mol. The van der Waals surface area contributed by atoms with Crippen molar-refractivity contribution < 1.29 is 13.2 Å². The predicted molar refractivity (Wildman–Crippen MR) is 127 cm³/mol. The van der Waals surface area contributed by atoms with Crippen molar-refractivity contribution in [2.45, 2.75) is 19.3 Å². The van der Waals surface area contributed by atoms with Crippen molar-refractivity contribution in [1.82, 2.24) is 19.9 Å². The van der Waals surface area contributed by atoms with Crippen LogP contribution in [0.25, 0.3) is 10.9 Å². The lowest BCUT2D eigenvalue weighted by Crippen LogP contribution is -2.47. The van der Waals surface area contributed by atoms with Gasteiger partial charge in [-0.2, -0.15) is 0 Å². The van der Waals surface area contributed by atoms with Gasteiger partial charge in [0.25, 0.3) is 0 Å². The number of H-pyrrole nitrogens is 1. The number of nitrogens with zero attached hydrogens (tertiary/aromatic N) is 4. The zero-order valence-electron chi connectivity index (χ0n) is 18.7. The van der Waals surface area contributed by atoms with Gasteiger partial charge in [-0.1, -0.05) is 6.07 Å². The standard InChI is InChI=1S/C23H31N5O3S/c1-31-22-16-24-17-26-23(22)28-11-9-27(10-12-28)8-3-4-19-15-25-21-6-5-18(14-20(19)21)7-13-32(2,29)30/h5-6,14-17,25H,3-4,7-13H2,1-2H3. The molecule has 0 amide bonds. The molecule has 9 heteroatoms. The average molecular weight is 458 g/mol. The molecule has 3 heterocycles. The van der Waals surface area contributed by atoms with Gasteiger partial charge in [0.2, 0.25) is 0 Å². The number of aryl methyl sites for hydroxylation is 2. The first-order valence-corrected chi connectivity index (χ1v) is 13.1. The molecule has 0 spiro atoms. The molecule has 32 heavy (non-hydrogen) atoms. The number of methoxy groups -OCH3 is 1. The van der Waals surface area contributed by atoms with Crippen LogP contribution in [0.15, 0.2) is 36.9 Å². The van der Waals surface area contributed by atoms with E-state index in [-0.39, 0.29) is 5.75 Å². The first kappa shape index (κ1) is 22.5. The number of hydrogen-bond donors (Lipinski definition) is 1. The van der Waals surface area contributed by atoms with Crippen molar-refractivity contribution in [2.24, 2.45) is 0 Å². The van der Waals surface area contributed by atoms with E-state index in [0.717, 1.165) is 68.2 Å². The number of rotatable bonds is 9. The Balaban J connectivity index is 1.29. The highest BCUT2D eigenvalue weighted by atomic mass is 32.2. The Morgan fingerprint density at radius 1 is 1.16 bits per heavy atom. The molecule has 1 N–H and O–H groups in total. The summed E-state index contributed by atoms with van der Waals surface area (Å²) >= 11 is 0. The van der Waals surface area contributed by atoms with Crippen molar-refractivity contribution in [2.75, 3.05) is 56.7 Å². The number of fused-ring (bicyclic) bond motifs is 1. The van der Waals surface area contributed by atoms with E-state index in [1.807, 2.05) is 6.07 Å². The van der Waals surface area contributed by atoms with Crippen LogP contribution in [0.4, 0.5) is 5.82 Å². The summed E-state index contributed by atoms with van der Waals surface area (Å²) in [6.45, 7) is 4.89. The van der Waals surface area contributed by atoms with Gasteiger partial charge in [0.15, 0.2) is 11.6 Å². The van der Waals surface area contributed by atoms with Gasteiger partial charge in [0.1, 0.15) is 16.2 Å². The van der Waals surface area contributed by atoms with Crippen molar-refractivity contribution in [1.29, 1.82) is 0 Å². The van der Waals surface area contributed by atoms with E-state index in [2.05, 4.69) is 43.1 Å². The highest BCUT2D eigenvalue weighted by molar-refractivity contribution is 7.90. The molecule has 1 aliphatic heterocycles. The van der Waals surface area contributed by atoms with E-state index in [0.29, 0.717) is 6.42 Å². The fourth-order valence-corrected chi connectivity index (χ4v) is 4.87. The molecular weight excluding hydrogens is 426 g/mol. The van der Waals surface area contributed by atoms with Crippen molar-refractivity contribution >= 4 is 26.6 Å². The molecule has 1 aromatic carbocycles. The van der Waals surface area contributed by atoms with Crippen LogP contribution in [0, 0.1) is 0 Å². The van der Waals surface area contributed by atoms with Crippen LogP contribution in [0.2, 0.25) is 0 Å². The number of anilines is 1. The molecule has 1 saturated heterocycles. The third kappa shape index (κ3) is 5.58. The second kappa shape index (κ2) is 9.87. The minimum absolute atomic E-state index is 0.186. The molecule has 0 aliphatic carbocycles. The lowest BCUT2D eigenvalue weighted by molar-refractivity contribution is 0.253. The van der Waals surface area contributed by atoms with E-state index in [4.69, 9.17) is 4.74 Å². The normalized spacial score (nSPS) is 15.4. The summed E-state index contributed by atoms with van der Waals surface area (Å²) in [5.74, 6) is 1.77. The maximum absolute atomic E-state index is 11.5. The van der Waals surface area contributed by atoms with Crippen LogP contribution in [0.5, 0.6) is 5.75 Å². The number of sulfone groups is 1. The third-order valence-electron chi connectivity index (χ3n) is 6.06. The number of aromatic amines is 1. The van der Waals surface area contributed by atoms with Crippen molar-refractivity contribution in [3.05, 3.63) is 48.0 Å². The zero-order valence-corrected chi connectivity index (χ0v) is 19.6. The van der Waals surface area contributed by atoms with E-state index < -0.39 is 9.84 Å². The Morgan fingerprint density at radius 3 is 2.72 bits per heavy atom. The van der Waals surface area contributed by atoms with Gasteiger partial charge in [0, 0.05) is 49.5 Å². The maximum Gasteiger partial charge on any atom is 0.179 e. The molecule has 8 nitrogen and oxygen atoms in total. The zero-order chi connectivity index (χ0) is 22.6. The van der Waals surface area contributed by atoms with Gasteiger partial charge in [-0.3, -0.25) is 4.90 Å². The molecule has 1 fully saturated rings. The molecule has 2 aromatic heterocycles. The van der Waals surface area contributed by atoms with E-state index in [1.165, 1.54) is 17.2 Å². The number of benzene rings is 1. The minimum Gasteiger partial charge on any atom is -0.491 e. The summed E-state index contributed by atoms with van der Waals surface area (Å²) in [4.78, 5) is 16.5. The Labute approximate surface area is 189 Å². The molecule has 0 bridgehead atoms. The lowest BCUT2D eigenvalue weighted by Gasteiger charge is -2.35. The van der Waals surface area contributed by atoms with Gasteiger partial charge >= 0.3 is 0 Å². The van der Waals surface area contributed by atoms with Crippen LogP contribution in [0.1, 0.15) is 17.5 Å². The second-order valence-electron chi connectivity index (χ2n) is 8.42. The van der Waals surface area contributed by atoms with Gasteiger partial charge in [0.05, 0.1) is 19.1 Å². The van der Waals surface area contributed by atoms with Crippen LogP contribution >= 0.6 is 0 Å². The first-order valence-electron chi connectivity index (χ1n) is 11.0. The first-order chi connectivity index (χ1) is 15.4. The van der Waals surface area contributed by atoms with Gasteiger partial charge in [-0.25, -0.2) is 18.4 Å². The predicted octanol–water partition coefficient (Wildman–Crippen LogP) is 2.31. The molecule has 0 atom stereocenters. The fourth-order valence-electron chi connectivity index (χ4n) is 4.26. The molecule has 1 aliphatic rings. The fraction of sp³-hybridized carbons (Fsp3) is 0.478. The van der Waals surface area contributed by atoms with E-state index in [1.54, 1.807) is 19.6 Å². The molecule has 4 rings (SSSR count). The summed E-state index contributed by atoms with van der Waals surface area (Å²) in [6, 6.07) is 6.21. The highest BCUT2D eigenvalue weighted by Crippen LogP contribution is 2.25. The van der Waals surface area contributed by atoms with Crippen LogP contribution in [-0.4, -0.2) is 80.1 Å². The van der Waals surface area contributed by atoms with E-state index in [9.17, 15) is 8.42 Å². The van der Waals surface area contributed by atoms with Crippen LogP contribution in [-0.2, 0) is 22.7 Å². The number of nitrogens with one attached hydrogen (secondary N) is 1. The van der Waals surface area contributed by atoms with Crippen molar-refractivity contribution in [3.8, 4) is 5.75 Å². The summed E-state index contributed by atoms with van der Waals surface area (Å²) < 4.78 is 28.4. The summed E-state index contributed by atoms with van der Waals surface area (Å²) in [5, 5.41) is 1.21. The SMILES string of the molecule is COc1cncnc1N1CCN(CCCc2c[nH]c3ccc(CCS(C)(=O)=O)cc23)CC1. The smallest absolute Gasteiger partial charge is 0.179 e. The largest absolute Gasteiger partial charge is 0.491 e. The number of ether oxygens (including phenoxy) is 1. The molecule has 0 radical (unpaired) electrons. The molecule has 3 aromatic rings. The van der Waals surface area contributed by atoms with Crippen LogP contribution in [0.3, 0.4) is 0 Å². The van der Waals surface area contributed by atoms with Crippen LogP contribution < -0.4 is 9.64 Å². The number of aromatic nitrogens is 3. The Kier molecular flexibility index (Phi) is 6.95. The second-order valence-corrected chi connectivity index (χ2v) is 10.7. The quantitative estimate of drug-likeness (QED) is 0.527. The number of hydrogen-bond acceptors (Lipinski definition) is 7. The van der Waals surface area contributed by atoms with Gasteiger partial charge < -0.3 is 14.6 Å². The summed E-state index contributed by atoms with van der Waals surface area (Å²) in [7, 11) is -1.30. The summed E-state index contributed by atoms with van der Waals surface area (Å²) in [6.07, 6.45) is 9.29. The van der Waals surface area contributed by atoms with Gasteiger partial charge in [-0.05, 0) is 49.1 Å². The molecule has 0 saturated carbocycles. The maximum atomic E-state index is 11.5. The summed E-state index contributed by atoms with van der Waals surface area (Å²) in [5.41, 5.74) is 3.47. The third-order valence-corrected chi connectivity index (χ3v) is 7.01. The Bertz CT molecular complexity index is 1150. The van der Waals surface area contributed by atoms with Gasteiger partial charge in [-0.15, -0.1) is 0 Å². The topological polar surface area (TPSA) is 91.4 Å². The minimum atomic E-state index is -2.96. The van der Waals surface area contributed by atoms with Crippen molar-refractivity contribution in [3.63, 3.8) is 0 Å². The molecule has 0 unspecified atom stereocenters. The molecular formula is C23H31N5O3S. The number of piperazine rings is 1. The lowest BCUT2D eigenvalue weighted by atomic mass is 10.0. The highest BCUT2D eigenvalue weighted by Gasteiger charge is 2.20. The molecule has 172 valence electrons. The average Bonchev–Trinajstić information content (AvgIpc) is 3.20.